The Hall–Kier alpha value is -2.63. The molecule has 140 valence electrons. The molecule has 0 aliphatic rings. The fraction of sp³-hybridized carbons (Fsp3) is 0.450. The van der Waals surface area contributed by atoms with Crippen LogP contribution < -0.4 is 5.32 Å². The number of aromatic nitrogens is 2. The predicted octanol–water partition coefficient (Wildman–Crippen LogP) is 3.73. The molecule has 2 N–H and O–H groups in total. The van der Waals surface area contributed by atoms with Crippen LogP contribution in [0.3, 0.4) is 0 Å². The zero-order chi connectivity index (χ0) is 19.4. The molecule has 2 rings (SSSR count). The van der Waals surface area contributed by atoms with Gasteiger partial charge >= 0.3 is 5.97 Å². The lowest BCUT2D eigenvalue weighted by Crippen LogP contribution is -2.34. The van der Waals surface area contributed by atoms with Gasteiger partial charge in [-0.3, -0.25) is 9.48 Å². The van der Waals surface area contributed by atoms with Gasteiger partial charge in [0, 0.05) is 5.69 Å². The standard InChI is InChI=1S/C20H27N3O3/c1-6-16(7-2)23-14(5)17(11-21-23)19(24)22-18(20(25)26)15-9-12(3)8-13(4)10-15/h8-11,16,18H,6-7H2,1-5H3,(H,22,24)(H,25,26). The van der Waals surface area contributed by atoms with Crippen LogP contribution in [0.2, 0.25) is 0 Å². The van der Waals surface area contributed by atoms with Crippen molar-refractivity contribution in [3.05, 3.63) is 52.3 Å². The number of carbonyl (C=O) groups is 2. The van der Waals surface area contributed by atoms with E-state index in [0.29, 0.717) is 11.1 Å². The Morgan fingerprint density at radius 1 is 1.12 bits per heavy atom. The molecule has 6 nitrogen and oxygen atoms in total. The van der Waals surface area contributed by atoms with E-state index in [-0.39, 0.29) is 6.04 Å². The normalized spacial score (nSPS) is 12.2. The van der Waals surface area contributed by atoms with Crippen LogP contribution in [0.15, 0.2) is 24.4 Å². The molecule has 1 aromatic carbocycles. The summed E-state index contributed by atoms with van der Waals surface area (Å²) in [6.45, 7) is 9.81. The third-order valence-electron chi connectivity index (χ3n) is 4.68. The largest absolute Gasteiger partial charge is 0.479 e. The van der Waals surface area contributed by atoms with Crippen molar-refractivity contribution in [2.24, 2.45) is 0 Å². The Labute approximate surface area is 154 Å². The van der Waals surface area contributed by atoms with Gasteiger partial charge in [0.1, 0.15) is 0 Å². The third kappa shape index (κ3) is 4.12. The molecule has 0 aliphatic carbocycles. The van der Waals surface area contributed by atoms with Crippen LogP contribution in [0.1, 0.15) is 71.5 Å². The van der Waals surface area contributed by atoms with Gasteiger partial charge in [0.25, 0.3) is 5.91 Å². The van der Waals surface area contributed by atoms with Crippen molar-refractivity contribution in [1.29, 1.82) is 0 Å². The molecule has 1 amide bonds. The minimum atomic E-state index is -1.10. The van der Waals surface area contributed by atoms with Gasteiger partial charge in [0.2, 0.25) is 0 Å². The topological polar surface area (TPSA) is 84.2 Å². The summed E-state index contributed by atoms with van der Waals surface area (Å²) in [7, 11) is 0. The van der Waals surface area contributed by atoms with Gasteiger partial charge in [-0.15, -0.1) is 0 Å². The maximum atomic E-state index is 12.7. The maximum Gasteiger partial charge on any atom is 0.330 e. The van der Waals surface area contributed by atoms with Gasteiger partial charge < -0.3 is 10.4 Å². The predicted molar refractivity (Wildman–Crippen MR) is 100 cm³/mol. The molecule has 0 saturated heterocycles. The first kappa shape index (κ1) is 19.7. The first-order chi connectivity index (χ1) is 12.3. The molecule has 1 unspecified atom stereocenters. The number of nitrogens with zero attached hydrogens (tertiary/aromatic N) is 2. The van der Waals surface area contributed by atoms with E-state index in [1.807, 2.05) is 31.5 Å². The molecule has 0 fully saturated rings. The molecule has 0 aliphatic heterocycles. The third-order valence-corrected chi connectivity index (χ3v) is 4.68. The Kier molecular flexibility index (Phi) is 6.18. The monoisotopic (exact) mass is 357 g/mol. The second-order valence-electron chi connectivity index (χ2n) is 6.72. The lowest BCUT2D eigenvalue weighted by Gasteiger charge is -2.17. The number of benzene rings is 1. The summed E-state index contributed by atoms with van der Waals surface area (Å²) in [6.07, 6.45) is 3.35. The highest BCUT2D eigenvalue weighted by molar-refractivity contribution is 5.97. The minimum Gasteiger partial charge on any atom is -0.479 e. The molecule has 1 atom stereocenters. The maximum absolute atomic E-state index is 12.7. The summed E-state index contributed by atoms with van der Waals surface area (Å²) >= 11 is 0. The van der Waals surface area contributed by atoms with Crippen LogP contribution in [0.4, 0.5) is 0 Å². The number of carboxylic acid groups (broad SMARTS) is 1. The van der Waals surface area contributed by atoms with E-state index in [1.165, 1.54) is 6.20 Å². The Morgan fingerprint density at radius 2 is 1.69 bits per heavy atom. The van der Waals surface area contributed by atoms with E-state index in [1.54, 1.807) is 12.1 Å². The summed E-state index contributed by atoms with van der Waals surface area (Å²) in [5, 5.41) is 16.6. The molecule has 0 radical (unpaired) electrons. The van der Waals surface area contributed by atoms with Gasteiger partial charge in [0.15, 0.2) is 6.04 Å². The number of carboxylic acids is 1. The average Bonchev–Trinajstić information content (AvgIpc) is 2.94. The number of hydrogen-bond donors (Lipinski definition) is 2. The SMILES string of the molecule is CCC(CC)n1ncc(C(=O)NC(C(=O)O)c2cc(C)cc(C)c2)c1C. The van der Waals surface area contributed by atoms with E-state index < -0.39 is 17.9 Å². The Morgan fingerprint density at radius 3 is 2.19 bits per heavy atom. The van der Waals surface area contributed by atoms with Crippen molar-refractivity contribution in [2.75, 3.05) is 0 Å². The summed E-state index contributed by atoms with van der Waals surface area (Å²) in [5.74, 6) is -1.51. The first-order valence-electron chi connectivity index (χ1n) is 8.94. The minimum absolute atomic E-state index is 0.228. The molecule has 0 spiro atoms. The zero-order valence-corrected chi connectivity index (χ0v) is 16.0. The van der Waals surface area contributed by atoms with Gasteiger partial charge in [-0.1, -0.05) is 43.2 Å². The van der Waals surface area contributed by atoms with E-state index in [9.17, 15) is 14.7 Å². The van der Waals surface area contributed by atoms with E-state index in [4.69, 9.17) is 0 Å². The molecular weight excluding hydrogens is 330 g/mol. The zero-order valence-electron chi connectivity index (χ0n) is 16.0. The molecule has 0 bridgehead atoms. The molecule has 2 aromatic rings. The van der Waals surface area contributed by atoms with Crippen LogP contribution in [-0.2, 0) is 4.79 Å². The number of carbonyl (C=O) groups excluding carboxylic acids is 1. The lowest BCUT2D eigenvalue weighted by atomic mass is 10.0. The summed E-state index contributed by atoms with van der Waals surface area (Å²) in [6, 6.07) is 4.66. The van der Waals surface area contributed by atoms with Gasteiger partial charge in [-0.2, -0.15) is 5.10 Å². The van der Waals surface area contributed by atoms with Crippen molar-refractivity contribution < 1.29 is 14.7 Å². The van der Waals surface area contributed by atoms with Crippen LogP contribution >= 0.6 is 0 Å². The van der Waals surface area contributed by atoms with Gasteiger partial charge in [-0.25, -0.2) is 4.79 Å². The second kappa shape index (κ2) is 8.17. The summed E-state index contributed by atoms with van der Waals surface area (Å²) in [5.41, 5.74) is 3.64. The van der Waals surface area contributed by atoms with Crippen LogP contribution in [0, 0.1) is 20.8 Å². The van der Waals surface area contributed by atoms with Crippen molar-refractivity contribution in [3.63, 3.8) is 0 Å². The number of rotatable bonds is 7. The number of amides is 1. The number of nitrogens with one attached hydrogen (secondary N) is 1. The van der Waals surface area contributed by atoms with Crippen molar-refractivity contribution in [2.45, 2.75) is 59.5 Å². The number of aryl methyl sites for hydroxylation is 2. The van der Waals surface area contributed by atoms with E-state index in [2.05, 4.69) is 24.3 Å². The van der Waals surface area contributed by atoms with Crippen LogP contribution in [0.25, 0.3) is 0 Å². The second-order valence-corrected chi connectivity index (χ2v) is 6.72. The van der Waals surface area contributed by atoms with E-state index in [0.717, 1.165) is 29.7 Å². The molecule has 6 heteroatoms. The van der Waals surface area contributed by atoms with Crippen molar-refractivity contribution in [3.8, 4) is 0 Å². The molecular formula is C20H27N3O3. The first-order valence-corrected chi connectivity index (χ1v) is 8.94. The highest BCUT2D eigenvalue weighted by Gasteiger charge is 2.25. The fourth-order valence-corrected chi connectivity index (χ4v) is 3.32. The number of hydrogen-bond acceptors (Lipinski definition) is 3. The summed E-state index contributed by atoms with van der Waals surface area (Å²) < 4.78 is 1.85. The lowest BCUT2D eigenvalue weighted by molar-refractivity contribution is -0.139. The average molecular weight is 357 g/mol. The number of aliphatic carboxylic acids is 1. The molecule has 1 heterocycles. The Balaban J connectivity index is 2.30. The van der Waals surface area contributed by atoms with Crippen LogP contribution in [0.5, 0.6) is 0 Å². The van der Waals surface area contributed by atoms with Gasteiger partial charge in [-0.05, 0) is 39.2 Å². The Bertz CT molecular complexity index is 786. The molecule has 1 aromatic heterocycles. The van der Waals surface area contributed by atoms with Crippen molar-refractivity contribution in [1.82, 2.24) is 15.1 Å². The summed E-state index contributed by atoms with van der Waals surface area (Å²) in [4.78, 5) is 24.5. The molecule has 0 saturated carbocycles. The van der Waals surface area contributed by atoms with E-state index >= 15 is 0 Å². The van der Waals surface area contributed by atoms with Gasteiger partial charge in [0.05, 0.1) is 17.8 Å². The fourth-order valence-electron chi connectivity index (χ4n) is 3.32. The highest BCUT2D eigenvalue weighted by Crippen LogP contribution is 2.21. The smallest absolute Gasteiger partial charge is 0.330 e. The van der Waals surface area contributed by atoms with Crippen LogP contribution in [-0.4, -0.2) is 26.8 Å². The quantitative estimate of drug-likeness (QED) is 0.791. The van der Waals surface area contributed by atoms with Crippen molar-refractivity contribution >= 4 is 11.9 Å². The highest BCUT2D eigenvalue weighted by atomic mass is 16.4. The molecule has 26 heavy (non-hydrogen) atoms.